The summed E-state index contributed by atoms with van der Waals surface area (Å²) >= 11 is 0. The molecule has 2 aliphatic rings. The van der Waals surface area contributed by atoms with Crippen molar-refractivity contribution in [2.24, 2.45) is 5.41 Å². The van der Waals surface area contributed by atoms with E-state index < -0.39 is 23.7 Å². The summed E-state index contributed by atoms with van der Waals surface area (Å²) in [5.41, 5.74) is 0.754. The maximum Gasteiger partial charge on any atom is 0.326 e. The number of amides is 1. The van der Waals surface area contributed by atoms with Gasteiger partial charge in [-0.15, -0.1) is 6.58 Å². The fraction of sp³-hybridized carbons (Fsp3) is 0.583. The van der Waals surface area contributed by atoms with E-state index in [0.717, 1.165) is 37.7 Å². The van der Waals surface area contributed by atoms with Crippen LogP contribution in [0.5, 0.6) is 5.75 Å². The maximum atomic E-state index is 15.0. The van der Waals surface area contributed by atoms with Crippen LogP contribution < -0.4 is 4.74 Å². The second-order valence-corrected chi connectivity index (χ2v) is 8.63. The monoisotopic (exact) mass is 417 g/mol. The first-order chi connectivity index (χ1) is 14.4. The van der Waals surface area contributed by atoms with Crippen LogP contribution in [0.2, 0.25) is 0 Å². The van der Waals surface area contributed by atoms with E-state index in [4.69, 9.17) is 4.74 Å². The molecule has 1 heterocycles. The number of allylic oxidation sites excluding steroid dienone is 1. The van der Waals surface area contributed by atoms with Crippen molar-refractivity contribution in [2.45, 2.75) is 70.8 Å². The summed E-state index contributed by atoms with van der Waals surface area (Å²) < 4.78 is 21.1. The number of halogens is 1. The van der Waals surface area contributed by atoms with Crippen molar-refractivity contribution in [1.29, 1.82) is 0 Å². The standard InChI is InChI=1S/C24H32FNO4/c1-4-11-24(5-2,6-3)15-30-21-14-19(25)18(13-17(21)16-9-10-16)22(27)26-12-7-8-20(26)23(28)29/h4,13-14,16,20H,1,5-12,15H2,2-3H3,(H,28,29)/t20-/m0/s1. The van der Waals surface area contributed by atoms with Crippen LogP contribution in [-0.4, -0.2) is 41.1 Å². The molecule has 1 atom stereocenters. The number of carbonyl (C=O) groups excluding carboxylic acids is 1. The van der Waals surface area contributed by atoms with Crippen molar-refractivity contribution < 1.29 is 23.8 Å². The molecule has 0 radical (unpaired) electrons. The third-order valence-electron chi connectivity index (χ3n) is 6.76. The zero-order chi connectivity index (χ0) is 21.9. The van der Waals surface area contributed by atoms with Crippen LogP contribution >= 0.6 is 0 Å². The first-order valence-electron chi connectivity index (χ1n) is 11.0. The molecule has 164 valence electrons. The number of likely N-dealkylation sites (tertiary alicyclic amines) is 1. The zero-order valence-corrected chi connectivity index (χ0v) is 18.0. The molecule has 1 saturated carbocycles. The predicted molar refractivity (Wildman–Crippen MR) is 113 cm³/mol. The number of hydrogen-bond donors (Lipinski definition) is 1. The molecule has 2 fully saturated rings. The number of hydrogen-bond acceptors (Lipinski definition) is 3. The third-order valence-corrected chi connectivity index (χ3v) is 6.76. The Kier molecular flexibility index (Phi) is 6.84. The second kappa shape index (κ2) is 9.19. The lowest BCUT2D eigenvalue weighted by atomic mass is 9.80. The minimum absolute atomic E-state index is 0.0439. The van der Waals surface area contributed by atoms with Gasteiger partial charge in [0.2, 0.25) is 0 Å². The Bertz CT molecular complexity index is 814. The Morgan fingerprint density at radius 1 is 1.30 bits per heavy atom. The van der Waals surface area contributed by atoms with Crippen molar-refractivity contribution in [3.63, 3.8) is 0 Å². The number of carboxylic acid groups (broad SMARTS) is 1. The first kappa shape index (κ1) is 22.3. The summed E-state index contributed by atoms with van der Waals surface area (Å²) in [5.74, 6) is -1.48. The van der Waals surface area contributed by atoms with Gasteiger partial charge in [0.25, 0.3) is 5.91 Å². The van der Waals surface area contributed by atoms with E-state index in [2.05, 4.69) is 20.4 Å². The van der Waals surface area contributed by atoms with E-state index in [-0.39, 0.29) is 16.9 Å². The first-order valence-corrected chi connectivity index (χ1v) is 11.0. The number of aliphatic carboxylic acids is 1. The fourth-order valence-corrected chi connectivity index (χ4v) is 4.33. The van der Waals surface area contributed by atoms with Crippen molar-refractivity contribution in [1.82, 2.24) is 4.90 Å². The van der Waals surface area contributed by atoms with Gasteiger partial charge >= 0.3 is 5.97 Å². The van der Waals surface area contributed by atoms with E-state index >= 15 is 0 Å². The number of carboxylic acids is 1. The molecular weight excluding hydrogens is 385 g/mol. The highest BCUT2D eigenvalue weighted by atomic mass is 19.1. The highest BCUT2D eigenvalue weighted by Gasteiger charge is 2.37. The van der Waals surface area contributed by atoms with E-state index in [1.54, 1.807) is 6.07 Å². The average molecular weight is 418 g/mol. The molecule has 1 amide bonds. The van der Waals surface area contributed by atoms with Gasteiger partial charge in [-0.05, 0) is 62.5 Å². The molecule has 0 unspecified atom stereocenters. The van der Waals surface area contributed by atoms with Crippen molar-refractivity contribution in [2.75, 3.05) is 13.2 Å². The SMILES string of the molecule is C=CCC(CC)(CC)COc1cc(F)c(C(=O)N2CCC[C@H]2C(=O)O)cc1C1CC1. The molecule has 1 aromatic carbocycles. The zero-order valence-electron chi connectivity index (χ0n) is 18.0. The fourth-order valence-electron chi connectivity index (χ4n) is 4.33. The molecule has 1 aliphatic heterocycles. The second-order valence-electron chi connectivity index (χ2n) is 8.63. The minimum Gasteiger partial charge on any atom is -0.493 e. The topological polar surface area (TPSA) is 66.8 Å². The Balaban J connectivity index is 1.87. The quantitative estimate of drug-likeness (QED) is 0.535. The van der Waals surface area contributed by atoms with Gasteiger partial charge in [-0.3, -0.25) is 4.79 Å². The van der Waals surface area contributed by atoms with Crippen LogP contribution in [0.4, 0.5) is 4.39 Å². The molecule has 0 spiro atoms. The maximum absolute atomic E-state index is 15.0. The Hall–Kier alpha value is -2.37. The number of nitrogens with zero attached hydrogens (tertiary/aromatic N) is 1. The van der Waals surface area contributed by atoms with Gasteiger partial charge in [0.1, 0.15) is 17.6 Å². The highest BCUT2D eigenvalue weighted by Crippen LogP contribution is 2.46. The lowest BCUT2D eigenvalue weighted by molar-refractivity contribution is -0.141. The number of carbonyl (C=O) groups is 2. The molecular formula is C24H32FNO4. The van der Waals surface area contributed by atoms with Gasteiger partial charge in [-0.25, -0.2) is 9.18 Å². The number of benzene rings is 1. The van der Waals surface area contributed by atoms with Crippen LogP contribution in [0.25, 0.3) is 0 Å². The van der Waals surface area contributed by atoms with Crippen molar-refractivity contribution in [3.8, 4) is 5.75 Å². The van der Waals surface area contributed by atoms with Gasteiger partial charge in [0.15, 0.2) is 0 Å². The normalized spacial score (nSPS) is 19.0. The van der Waals surface area contributed by atoms with E-state index in [1.807, 2.05) is 6.08 Å². The van der Waals surface area contributed by atoms with Gasteiger partial charge in [-0.2, -0.15) is 0 Å². The van der Waals surface area contributed by atoms with E-state index in [0.29, 0.717) is 31.7 Å². The van der Waals surface area contributed by atoms with Crippen molar-refractivity contribution >= 4 is 11.9 Å². The summed E-state index contributed by atoms with van der Waals surface area (Å²) in [7, 11) is 0. The van der Waals surface area contributed by atoms with E-state index in [1.165, 1.54) is 11.0 Å². The third kappa shape index (κ3) is 4.52. The average Bonchev–Trinajstić information content (AvgIpc) is 3.45. The van der Waals surface area contributed by atoms with Crippen molar-refractivity contribution in [3.05, 3.63) is 41.7 Å². The molecule has 6 heteroatoms. The summed E-state index contributed by atoms with van der Waals surface area (Å²) in [6.45, 7) is 8.90. The summed E-state index contributed by atoms with van der Waals surface area (Å²) in [5, 5.41) is 9.37. The minimum atomic E-state index is -1.04. The molecule has 1 aliphatic carbocycles. The predicted octanol–water partition coefficient (Wildman–Crippen LogP) is 5.15. The van der Waals surface area contributed by atoms with Gasteiger partial charge < -0.3 is 14.7 Å². The lowest BCUT2D eigenvalue weighted by Gasteiger charge is -2.31. The van der Waals surface area contributed by atoms with Crippen LogP contribution in [-0.2, 0) is 4.79 Å². The molecule has 5 nitrogen and oxygen atoms in total. The highest BCUT2D eigenvalue weighted by molar-refractivity contribution is 5.97. The number of ether oxygens (including phenoxy) is 1. The summed E-state index contributed by atoms with van der Waals surface area (Å²) in [6, 6.07) is 2.02. The van der Waals surface area contributed by atoms with Crippen LogP contribution in [0.1, 0.15) is 80.6 Å². The molecule has 0 bridgehead atoms. The Morgan fingerprint density at radius 2 is 2.00 bits per heavy atom. The molecule has 1 saturated heterocycles. The Morgan fingerprint density at radius 3 is 2.57 bits per heavy atom. The summed E-state index contributed by atoms with van der Waals surface area (Å²) in [6.07, 6.45) is 7.56. The largest absolute Gasteiger partial charge is 0.493 e. The Labute approximate surface area is 177 Å². The molecule has 30 heavy (non-hydrogen) atoms. The number of rotatable bonds is 10. The van der Waals surface area contributed by atoms with E-state index in [9.17, 15) is 19.1 Å². The van der Waals surface area contributed by atoms with Crippen LogP contribution in [0, 0.1) is 11.2 Å². The van der Waals surface area contributed by atoms with Gasteiger partial charge in [0, 0.05) is 18.0 Å². The lowest BCUT2D eigenvalue weighted by Crippen LogP contribution is -2.40. The molecule has 1 aromatic rings. The van der Waals surface area contributed by atoms with Crippen LogP contribution in [0.3, 0.4) is 0 Å². The van der Waals surface area contributed by atoms with Crippen LogP contribution in [0.15, 0.2) is 24.8 Å². The van der Waals surface area contributed by atoms with Gasteiger partial charge in [0.05, 0.1) is 12.2 Å². The smallest absolute Gasteiger partial charge is 0.326 e. The molecule has 1 N–H and O–H groups in total. The summed E-state index contributed by atoms with van der Waals surface area (Å²) in [4.78, 5) is 25.7. The molecule has 3 rings (SSSR count). The van der Waals surface area contributed by atoms with Gasteiger partial charge in [-0.1, -0.05) is 19.9 Å². The molecule has 0 aromatic heterocycles.